The number of benzene rings is 3. The number of aryl methyl sites for hydroxylation is 2. The van der Waals surface area contributed by atoms with Crippen molar-refractivity contribution in [2.75, 3.05) is 10.6 Å². The fraction of sp³-hybridized carbons (Fsp3) is 0.549. The molecular weight excluding hydrogens is 715 g/mol. The first-order chi connectivity index (χ1) is 28.6. The maximum absolute atomic E-state index is 13.3. The number of anilines is 2. The van der Waals surface area contributed by atoms with Gasteiger partial charge in [-0.25, -0.2) is 0 Å². The Morgan fingerprint density at radius 3 is 1.07 bits per heavy atom. The molecule has 0 radical (unpaired) electrons. The number of unbranched alkanes of at least 4 members (excludes halogenated alkanes) is 22. The highest BCUT2D eigenvalue weighted by Crippen LogP contribution is 2.20. The van der Waals surface area contributed by atoms with Gasteiger partial charge in [0, 0.05) is 16.7 Å². The monoisotopic (exact) mass is 788 g/mol. The molecule has 4 rings (SSSR count). The van der Waals surface area contributed by atoms with Gasteiger partial charge < -0.3 is 0 Å². The highest BCUT2D eigenvalue weighted by Gasteiger charge is 2.15. The lowest BCUT2D eigenvalue weighted by Gasteiger charge is -2.10. The quantitative estimate of drug-likeness (QED) is 0.0495. The van der Waals surface area contributed by atoms with Crippen LogP contribution in [-0.4, -0.2) is 26.8 Å². The first-order valence-corrected chi connectivity index (χ1v) is 23.2. The Labute approximate surface area is 351 Å². The third-order valence-corrected chi connectivity index (χ3v) is 11.2. The molecule has 58 heavy (non-hydrogen) atoms. The Morgan fingerprint density at radius 1 is 0.397 bits per heavy atom. The van der Waals surface area contributed by atoms with Gasteiger partial charge in [-0.15, -0.1) is 0 Å². The average molecular weight is 788 g/mol. The zero-order valence-corrected chi connectivity index (χ0v) is 36.0. The number of rotatable bonds is 31. The molecule has 1 aromatic heterocycles. The van der Waals surface area contributed by atoms with Crippen molar-refractivity contribution in [2.45, 2.75) is 181 Å². The molecule has 0 atom stereocenters. The molecule has 2 amide bonds. The van der Waals surface area contributed by atoms with Gasteiger partial charge >= 0.3 is 0 Å². The minimum absolute atomic E-state index is 0.0764. The van der Waals surface area contributed by atoms with Crippen molar-refractivity contribution in [3.05, 3.63) is 101 Å². The second-order valence-corrected chi connectivity index (χ2v) is 16.3. The van der Waals surface area contributed by atoms with Crippen LogP contribution in [0.1, 0.15) is 200 Å². The van der Waals surface area contributed by atoms with E-state index in [-0.39, 0.29) is 23.7 Å². The van der Waals surface area contributed by atoms with Crippen LogP contribution in [0.3, 0.4) is 0 Å². The lowest BCUT2D eigenvalue weighted by Crippen LogP contribution is -2.18. The lowest BCUT2D eigenvalue weighted by molar-refractivity contribution is 0.101. The lowest BCUT2D eigenvalue weighted by atomic mass is 10.0. The van der Waals surface area contributed by atoms with E-state index in [1.807, 2.05) is 78.9 Å². The summed E-state index contributed by atoms with van der Waals surface area (Å²) in [7, 11) is 0. The molecule has 7 nitrogen and oxygen atoms in total. The van der Waals surface area contributed by atoms with Crippen LogP contribution in [0.15, 0.2) is 78.9 Å². The van der Waals surface area contributed by atoms with Gasteiger partial charge in [0.1, 0.15) is 0 Å². The van der Waals surface area contributed by atoms with Gasteiger partial charge in [0.2, 0.25) is 11.9 Å². The largest absolute Gasteiger partial charge is 0.290 e. The summed E-state index contributed by atoms with van der Waals surface area (Å²) in [6.45, 7) is 4.55. The third-order valence-electron chi connectivity index (χ3n) is 11.2. The summed E-state index contributed by atoms with van der Waals surface area (Å²) in [6, 6.07) is 25.0. The number of carbonyl (C=O) groups is 2. The van der Waals surface area contributed by atoms with Gasteiger partial charge in [0.15, 0.2) is 5.82 Å². The van der Waals surface area contributed by atoms with E-state index in [1.165, 1.54) is 152 Å². The van der Waals surface area contributed by atoms with Crippen LogP contribution in [-0.2, 0) is 12.8 Å². The Morgan fingerprint density at radius 2 is 0.724 bits per heavy atom. The standard InChI is InChI=1S/C51H73N5O2/c1-3-5-7-9-11-13-15-17-19-21-23-26-30-42-34-38-45(39-35-42)48(57)54-50-52-47(44-32-28-25-29-33-44)53-51(56-50)55-49(58)46-40-36-43(37-41-46)31-27-24-22-20-18-16-14-12-10-8-6-4-2/h25,28-29,32-41H,3-24,26-27,30-31H2,1-2H3,(H2,52,53,54,55,56,57,58). The molecule has 7 heteroatoms. The molecule has 0 aliphatic rings. The topological polar surface area (TPSA) is 96.9 Å². The van der Waals surface area contributed by atoms with E-state index in [1.54, 1.807) is 0 Å². The zero-order chi connectivity index (χ0) is 40.9. The van der Waals surface area contributed by atoms with Crippen LogP contribution < -0.4 is 10.6 Å². The van der Waals surface area contributed by atoms with Crippen molar-refractivity contribution in [1.82, 2.24) is 15.0 Å². The predicted molar refractivity (Wildman–Crippen MR) is 244 cm³/mol. The van der Waals surface area contributed by atoms with Crippen molar-refractivity contribution in [3.8, 4) is 11.4 Å². The molecule has 3 aromatic carbocycles. The van der Waals surface area contributed by atoms with Crippen LogP contribution in [0.5, 0.6) is 0 Å². The van der Waals surface area contributed by atoms with E-state index in [2.05, 4.69) is 39.4 Å². The average Bonchev–Trinajstić information content (AvgIpc) is 3.25. The second kappa shape index (κ2) is 28.9. The fourth-order valence-electron chi connectivity index (χ4n) is 7.54. The summed E-state index contributed by atoms with van der Waals surface area (Å²) in [4.78, 5) is 40.2. The van der Waals surface area contributed by atoms with Gasteiger partial charge in [-0.3, -0.25) is 20.2 Å². The maximum Gasteiger partial charge on any atom is 0.258 e. The number of carbonyl (C=O) groups excluding carboxylic acids is 2. The highest BCUT2D eigenvalue weighted by molar-refractivity contribution is 6.04. The van der Waals surface area contributed by atoms with Crippen LogP contribution in [0.4, 0.5) is 11.9 Å². The molecule has 0 aliphatic carbocycles. The van der Waals surface area contributed by atoms with Crippen molar-refractivity contribution in [1.29, 1.82) is 0 Å². The van der Waals surface area contributed by atoms with Crippen LogP contribution in [0, 0.1) is 0 Å². The van der Waals surface area contributed by atoms with E-state index in [4.69, 9.17) is 0 Å². The fourth-order valence-corrected chi connectivity index (χ4v) is 7.54. The number of aromatic nitrogens is 3. The van der Waals surface area contributed by atoms with Gasteiger partial charge in [-0.05, 0) is 61.1 Å². The van der Waals surface area contributed by atoms with Gasteiger partial charge in [-0.2, -0.15) is 15.0 Å². The van der Waals surface area contributed by atoms with E-state index in [0.29, 0.717) is 17.0 Å². The third kappa shape index (κ3) is 18.9. The van der Waals surface area contributed by atoms with Gasteiger partial charge in [-0.1, -0.05) is 210 Å². The van der Waals surface area contributed by atoms with Crippen LogP contribution in [0.2, 0.25) is 0 Å². The van der Waals surface area contributed by atoms with Crippen LogP contribution >= 0.6 is 0 Å². The summed E-state index contributed by atoms with van der Waals surface area (Å²) in [5.41, 5.74) is 4.26. The molecular formula is C51H73N5O2. The molecule has 0 unspecified atom stereocenters. The summed E-state index contributed by atoms with van der Waals surface area (Å²) < 4.78 is 0. The molecule has 0 fully saturated rings. The molecule has 0 aliphatic heterocycles. The molecule has 0 spiro atoms. The summed E-state index contributed by atoms with van der Waals surface area (Å²) in [5.74, 6) is -0.122. The van der Waals surface area contributed by atoms with E-state index < -0.39 is 0 Å². The smallest absolute Gasteiger partial charge is 0.258 e. The summed E-state index contributed by atoms with van der Waals surface area (Å²) in [5, 5.41) is 5.68. The Balaban J connectivity index is 1.21. The molecule has 0 bridgehead atoms. The molecule has 4 aromatic rings. The van der Waals surface area contributed by atoms with E-state index in [9.17, 15) is 9.59 Å². The Kier molecular flexibility index (Phi) is 23.1. The first kappa shape index (κ1) is 46.3. The zero-order valence-electron chi connectivity index (χ0n) is 36.0. The number of hydrogen-bond donors (Lipinski definition) is 2. The first-order valence-electron chi connectivity index (χ1n) is 23.2. The Hall–Kier alpha value is -4.39. The Bertz CT molecular complexity index is 1590. The predicted octanol–water partition coefficient (Wildman–Crippen LogP) is 14.5. The molecule has 0 saturated heterocycles. The minimum atomic E-state index is -0.317. The summed E-state index contributed by atoms with van der Waals surface area (Å²) in [6.07, 6.45) is 34.1. The van der Waals surface area contributed by atoms with Crippen molar-refractivity contribution >= 4 is 23.7 Å². The van der Waals surface area contributed by atoms with Gasteiger partial charge in [0.05, 0.1) is 0 Å². The molecule has 0 saturated carbocycles. The SMILES string of the molecule is CCCCCCCCCCCCCCc1ccc(C(=O)Nc2nc(NC(=O)c3ccc(CCCCCCCCCCCCCC)cc3)nc(-c3ccccc3)n2)cc1. The van der Waals surface area contributed by atoms with Crippen molar-refractivity contribution in [3.63, 3.8) is 0 Å². The van der Waals surface area contributed by atoms with Crippen molar-refractivity contribution < 1.29 is 9.59 Å². The highest BCUT2D eigenvalue weighted by atomic mass is 16.2. The normalized spacial score (nSPS) is 11.1. The number of hydrogen-bond acceptors (Lipinski definition) is 5. The van der Waals surface area contributed by atoms with E-state index in [0.717, 1.165) is 31.2 Å². The molecule has 314 valence electrons. The van der Waals surface area contributed by atoms with E-state index >= 15 is 0 Å². The minimum Gasteiger partial charge on any atom is -0.290 e. The van der Waals surface area contributed by atoms with Crippen molar-refractivity contribution in [2.24, 2.45) is 0 Å². The van der Waals surface area contributed by atoms with Gasteiger partial charge in [0.25, 0.3) is 11.8 Å². The number of nitrogens with one attached hydrogen (secondary N) is 2. The maximum atomic E-state index is 13.3. The van der Waals surface area contributed by atoms with Crippen LogP contribution in [0.25, 0.3) is 11.4 Å². The molecule has 1 heterocycles. The number of nitrogens with zero attached hydrogens (tertiary/aromatic N) is 3. The molecule has 2 N–H and O–H groups in total. The summed E-state index contributed by atoms with van der Waals surface area (Å²) >= 11 is 0. The second-order valence-electron chi connectivity index (χ2n) is 16.3. The number of amides is 2.